The lowest BCUT2D eigenvalue weighted by Crippen LogP contribution is -2.17. The van der Waals surface area contributed by atoms with Crippen LogP contribution >= 0.6 is 11.6 Å². The number of halogens is 4. The molecule has 0 bridgehead atoms. The van der Waals surface area contributed by atoms with Crippen LogP contribution in [0.2, 0.25) is 5.35 Å². The Bertz CT molecular complexity index is 527. The highest BCUT2D eigenvalue weighted by Crippen LogP contribution is 2.32. The van der Waals surface area contributed by atoms with Crippen molar-refractivity contribution in [1.29, 1.82) is 0 Å². The molecule has 0 unspecified atom stereocenters. The molecule has 8 heteroatoms. The largest absolute Gasteiger partial charge is 0.573 e. The number of hydrogen-bond acceptors (Lipinski definition) is 4. The summed E-state index contributed by atoms with van der Waals surface area (Å²) in [6, 6.07) is 5.42. The molecule has 0 amide bonds. The van der Waals surface area contributed by atoms with Gasteiger partial charge in [-0.05, 0) is 23.7 Å². The zero-order chi connectivity index (χ0) is 12.5. The van der Waals surface area contributed by atoms with Crippen LogP contribution in [0.4, 0.5) is 13.2 Å². The van der Waals surface area contributed by atoms with E-state index in [9.17, 15) is 13.2 Å². The molecule has 0 N–H and O–H groups in total. The maximum absolute atomic E-state index is 12.1. The third-order valence-electron chi connectivity index (χ3n) is 1.75. The number of para-hydroxylation sites is 1. The summed E-state index contributed by atoms with van der Waals surface area (Å²) in [6.45, 7) is 0. The molecule has 0 radical (unpaired) electrons. The molecule has 2 rings (SSSR count). The van der Waals surface area contributed by atoms with Crippen LogP contribution in [0.25, 0.3) is 11.4 Å². The van der Waals surface area contributed by atoms with E-state index < -0.39 is 12.1 Å². The van der Waals surface area contributed by atoms with E-state index in [4.69, 9.17) is 11.6 Å². The highest BCUT2D eigenvalue weighted by atomic mass is 35.5. The number of benzene rings is 1. The van der Waals surface area contributed by atoms with Gasteiger partial charge in [0.25, 0.3) is 0 Å². The minimum absolute atomic E-state index is 0.0421. The second-order valence-electron chi connectivity index (χ2n) is 2.91. The third-order valence-corrected chi connectivity index (χ3v) is 1.91. The minimum atomic E-state index is -4.79. The van der Waals surface area contributed by atoms with E-state index in [0.29, 0.717) is 0 Å². The summed E-state index contributed by atoms with van der Waals surface area (Å²) in [5.41, 5.74) is 0.0421. The Balaban J connectivity index is 2.41. The molecule has 1 aromatic carbocycles. The van der Waals surface area contributed by atoms with Crippen LogP contribution in [0.3, 0.4) is 0 Å². The first-order valence-corrected chi connectivity index (χ1v) is 4.68. The van der Waals surface area contributed by atoms with Gasteiger partial charge in [-0.1, -0.05) is 17.3 Å². The number of rotatable bonds is 2. The summed E-state index contributed by atoms with van der Waals surface area (Å²) in [6.07, 6.45) is -4.79. The Morgan fingerprint density at radius 3 is 2.53 bits per heavy atom. The molecule has 0 atom stereocenters. The zero-order valence-electron chi connectivity index (χ0n) is 8.03. The van der Waals surface area contributed by atoms with Gasteiger partial charge < -0.3 is 9.26 Å². The average Bonchev–Trinajstić information content (AvgIpc) is 2.63. The predicted molar refractivity (Wildman–Crippen MR) is 51.4 cm³/mol. The van der Waals surface area contributed by atoms with Crippen molar-refractivity contribution in [1.82, 2.24) is 10.1 Å². The van der Waals surface area contributed by atoms with Gasteiger partial charge in [0.2, 0.25) is 5.82 Å². The van der Waals surface area contributed by atoms with Crippen molar-refractivity contribution in [2.24, 2.45) is 0 Å². The smallest absolute Gasteiger partial charge is 0.405 e. The second-order valence-corrected chi connectivity index (χ2v) is 3.24. The van der Waals surface area contributed by atoms with Crippen LogP contribution < -0.4 is 4.74 Å². The number of aromatic nitrogens is 2. The fraction of sp³-hybridized carbons (Fsp3) is 0.111. The molecular formula is C9H4ClF3N2O2. The van der Waals surface area contributed by atoms with E-state index in [0.717, 1.165) is 6.07 Å². The van der Waals surface area contributed by atoms with E-state index >= 15 is 0 Å². The van der Waals surface area contributed by atoms with Crippen LogP contribution in [-0.4, -0.2) is 16.5 Å². The van der Waals surface area contributed by atoms with Gasteiger partial charge in [0.15, 0.2) is 0 Å². The van der Waals surface area contributed by atoms with E-state index in [1.807, 2.05) is 0 Å². The molecule has 0 saturated carbocycles. The molecule has 0 fully saturated rings. The highest BCUT2D eigenvalue weighted by molar-refractivity contribution is 6.27. The first kappa shape index (κ1) is 11.7. The lowest BCUT2D eigenvalue weighted by atomic mass is 10.2. The van der Waals surface area contributed by atoms with E-state index in [1.165, 1.54) is 18.2 Å². The van der Waals surface area contributed by atoms with Crippen molar-refractivity contribution in [3.63, 3.8) is 0 Å². The Kier molecular flexibility index (Phi) is 2.93. The molecule has 4 nitrogen and oxygen atoms in total. The van der Waals surface area contributed by atoms with Gasteiger partial charge in [-0.25, -0.2) is 0 Å². The van der Waals surface area contributed by atoms with Gasteiger partial charge in [-0.2, -0.15) is 4.98 Å². The van der Waals surface area contributed by atoms with E-state index in [-0.39, 0.29) is 16.7 Å². The molecule has 1 heterocycles. The summed E-state index contributed by atoms with van der Waals surface area (Å²) in [7, 11) is 0. The molecule has 17 heavy (non-hydrogen) atoms. The molecule has 0 aliphatic heterocycles. The fourth-order valence-corrected chi connectivity index (χ4v) is 1.29. The number of ether oxygens (including phenoxy) is 1. The van der Waals surface area contributed by atoms with Gasteiger partial charge in [0.05, 0.1) is 5.56 Å². The van der Waals surface area contributed by atoms with Crippen molar-refractivity contribution in [3.8, 4) is 17.1 Å². The van der Waals surface area contributed by atoms with Crippen molar-refractivity contribution < 1.29 is 22.4 Å². The summed E-state index contributed by atoms with van der Waals surface area (Å²) >= 11 is 5.39. The predicted octanol–water partition coefficient (Wildman–Crippen LogP) is 3.29. The summed E-state index contributed by atoms with van der Waals surface area (Å²) in [4.78, 5) is 3.61. The molecule has 2 aromatic rings. The standard InChI is InChI=1S/C9H4ClF3N2O2/c10-8-14-7(15-17-8)5-3-1-2-4-6(5)16-9(11,12)13/h1-4H. The van der Waals surface area contributed by atoms with Gasteiger partial charge >= 0.3 is 11.7 Å². The number of alkyl halides is 3. The summed E-state index contributed by atoms with van der Waals surface area (Å²) in [5.74, 6) is -0.493. The SMILES string of the molecule is FC(F)(F)Oc1ccccc1-c1noc(Cl)n1. The Labute approximate surface area is 98.0 Å². The second kappa shape index (κ2) is 4.25. The third kappa shape index (κ3) is 2.88. The molecule has 90 valence electrons. The van der Waals surface area contributed by atoms with Crippen LogP contribution in [0.1, 0.15) is 0 Å². The highest BCUT2D eigenvalue weighted by Gasteiger charge is 2.32. The first-order chi connectivity index (χ1) is 7.96. The van der Waals surface area contributed by atoms with Crippen LogP contribution in [0, 0.1) is 0 Å². The van der Waals surface area contributed by atoms with Gasteiger partial charge in [0, 0.05) is 0 Å². The van der Waals surface area contributed by atoms with Gasteiger partial charge in [-0.3, -0.25) is 0 Å². The Hall–Kier alpha value is -1.76. The molecule has 1 aromatic heterocycles. The lowest BCUT2D eigenvalue weighted by molar-refractivity contribution is -0.274. The fourth-order valence-electron chi connectivity index (χ4n) is 1.18. The van der Waals surface area contributed by atoms with Crippen LogP contribution in [-0.2, 0) is 0 Å². The Morgan fingerprint density at radius 1 is 1.24 bits per heavy atom. The maximum atomic E-state index is 12.1. The van der Waals surface area contributed by atoms with Crippen LogP contribution in [0.5, 0.6) is 5.75 Å². The molecular weight excluding hydrogens is 261 g/mol. The topological polar surface area (TPSA) is 48.2 Å². The van der Waals surface area contributed by atoms with Crippen molar-refractivity contribution in [2.45, 2.75) is 6.36 Å². The average molecular weight is 265 g/mol. The normalized spacial score (nSPS) is 11.5. The molecule has 0 aliphatic carbocycles. The van der Waals surface area contributed by atoms with Gasteiger partial charge in [0.1, 0.15) is 5.75 Å². The minimum Gasteiger partial charge on any atom is -0.405 e. The number of nitrogens with zero attached hydrogens (tertiary/aromatic N) is 2. The molecule has 0 saturated heterocycles. The first-order valence-electron chi connectivity index (χ1n) is 4.30. The Morgan fingerprint density at radius 2 is 1.94 bits per heavy atom. The van der Waals surface area contributed by atoms with Crippen molar-refractivity contribution in [2.75, 3.05) is 0 Å². The zero-order valence-corrected chi connectivity index (χ0v) is 8.79. The molecule has 0 aliphatic rings. The van der Waals surface area contributed by atoms with Gasteiger partial charge in [-0.15, -0.1) is 13.2 Å². The summed E-state index contributed by atoms with van der Waals surface area (Å²) < 4.78 is 44.7. The van der Waals surface area contributed by atoms with Crippen molar-refractivity contribution in [3.05, 3.63) is 29.6 Å². The molecule has 0 spiro atoms. The van der Waals surface area contributed by atoms with E-state index in [1.54, 1.807) is 0 Å². The van der Waals surface area contributed by atoms with Crippen LogP contribution in [0.15, 0.2) is 28.8 Å². The lowest BCUT2D eigenvalue weighted by Gasteiger charge is -2.10. The maximum Gasteiger partial charge on any atom is 0.573 e. The quantitative estimate of drug-likeness (QED) is 0.835. The van der Waals surface area contributed by atoms with E-state index in [2.05, 4.69) is 19.4 Å². The summed E-state index contributed by atoms with van der Waals surface area (Å²) in [5, 5.41) is 3.15. The number of hydrogen-bond donors (Lipinski definition) is 0. The van der Waals surface area contributed by atoms with Crippen molar-refractivity contribution >= 4 is 11.6 Å². The monoisotopic (exact) mass is 264 g/mol.